The standard InChI is InChI=1S/C19H19Cl2NO3S2/c1-19(2,3)27(24)17(22)15-14(10-9-12(20)16(15)21)26-13-8-6-5-7-11(13)18(23)25-4/h5-10,22H,1-4H3. The average molecular weight is 444 g/mol. The lowest BCUT2D eigenvalue weighted by Gasteiger charge is -2.25. The van der Waals surface area contributed by atoms with E-state index < -0.39 is 21.9 Å². The molecule has 0 aromatic heterocycles. The zero-order valence-corrected chi connectivity index (χ0v) is 18.4. The van der Waals surface area contributed by atoms with Crippen molar-refractivity contribution in [2.24, 2.45) is 0 Å². The van der Waals surface area contributed by atoms with Crippen molar-refractivity contribution in [3.63, 3.8) is 0 Å². The van der Waals surface area contributed by atoms with E-state index in [0.29, 0.717) is 20.9 Å². The normalized spacial score (nSPS) is 12.6. The molecule has 0 saturated heterocycles. The van der Waals surface area contributed by atoms with Crippen LogP contribution in [0.1, 0.15) is 36.7 Å². The number of halogens is 2. The van der Waals surface area contributed by atoms with Crippen LogP contribution in [0.3, 0.4) is 0 Å². The summed E-state index contributed by atoms with van der Waals surface area (Å²) in [5.41, 5.74) is 0.701. The summed E-state index contributed by atoms with van der Waals surface area (Å²) in [4.78, 5) is 13.3. The minimum Gasteiger partial charge on any atom is -0.610 e. The maximum absolute atomic E-state index is 12.8. The Hall–Kier alpha value is -1.18. The van der Waals surface area contributed by atoms with Crippen molar-refractivity contribution in [3.05, 3.63) is 57.6 Å². The number of carbonyl (C=O) groups excluding carboxylic acids is 1. The topological polar surface area (TPSA) is 73.2 Å². The Kier molecular flexibility index (Phi) is 7.27. The van der Waals surface area contributed by atoms with Crippen molar-refractivity contribution in [2.75, 3.05) is 7.11 Å². The highest BCUT2D eigenvalue weighted by molar-refractivity contribution is 8.08. The molecular formula is C19H19Cl2NO3S2. The number of benzene rings is 2. The van der Waals surface area contributed by atoms with Gasteiger partial charge in [-0.05, 0) is 45.0 Å². The molecule has 1 unspecified atom stereocenters. The lowest BCUT2D eigenvalue weighted by atomic mass is 10.2. The quantitative estimate of drug-likeness (QED) is 0.280. The average Bonchev–Trinajstić information content (AvgIpc) is 2.63. The van der Waals surface area contributed by atoms with Crippen molar-refractivity contribution in [1.29, 1.82) is 5.41 Å². The van der Waals surface area contributed by atoms with Gasteiger partial charge in [0.1, 0.15) is 4.75 Å². The molecule has 2 aromatic rings. The molecule has 0 spiro atoms. The fourth-order valence-electron chi connectivity index (χ4n) is 2.18. The Balaban J connectivity index is 2.56. The van der Waals surface area contributed by atoms with E-state index in [4.69, 9.17) is 33.3 Å². The predicted octanol–water partition coefficient (Wildman–Crippen LogP) is 5.80. The van der Waals surface area contributed by atoms with Crippen LogP contribution in [-0.2, 0) is 15.9 Å². The third kappa shape index (κ3) is 5.00. The summed E-state index contributed by atoms with van der Waals surface area (Å²) in [6.07, 6.45) is 0. The first-order valence-electron chi connectivity index (χ1n) is 7.92. The van der Waals surface area contributed by atoms with E-state index in [0.717, 1.165) is 0 Å². The van der Waals surface area contributed by atoms with Crippen LogP contribution in [0.5, 0.6) is 0 Å². The van der Waals surface area contributed by atoms with Gasteiger partial charge in [-0.1, -0.05) is 47.1 Å². The van der Waals surface area contributed by atoms with E-state index in [9.17, 15) is 9.35 Å². The smallest absolute Gasteiger partial charge is 0.339 e. The molecule has 144 valence electrons. The van der Waals surface area contributed by atoms with Crippen LogP contribution in [0.4, 0.5) is 0 Å². The summed E-state index contributed by atoms with van der Waals surface area (Å²) in [5.74, 6) is -0.465. The Bertz CT molecular complexity index is 882. The molecule has 1 N–H and O–H groups in total. The second-order valence-corrected chi connectivity index (χ2v) is 10.6. The number of esters is 1. The number of nitrogens with one attached hydrogen (secondary N) is 1. The molecule has 0 radical (unpaired) electrons. The molecule has 0 aliphatic carbocycles. The number of ether oxygens (including phenoxy) is 1. The molecule has 0 aliphatic rings. The number of hydrogen-bond acceptors (Lipinski definition) is 5. The summed E-state index contributed by atoms with van der Waals surface area (Å²) in [7, 11) is 1.32. The summed E-state index contributed by atoms with van der Waals surface area (Å²) < 4.78 is 17.0. The molecule has 0 fully saturated rings. The zero-order chi connectivity index (χ0) is 20.4. The molecule has 0 heterocycles. The Morgan fingerprint density at radius 2 is 1.78 bits per heavy atom. The van der Waals surface area contributed by atoms with Crippen molar-refractivity contribution < 1.29 is 14.1 Å². The summed E-state index contributed by atoms with van der Waals surface area (Å²) in [6, 6.07) is 10.3. The second-order valence-electron chi connectivity index (χ2n) is 6.53. The van der Waals surface area contributed by atoms with Crippen molar-refractivity contribution in [3.8, 4) is 0 Å². The van der Waals surface area contributed by atoms with Gasteiger partial charge >= 0.3 is 5.97 Å². The summed E-state index contributed by atoms with van der Waals surface area (Å²) in [6.45, 7) is 5.36. The van der Waals surface area contributed by atoms with Crippen molar-refractivity contribution in [1.82, 2.24) is 0 Å². The molecule has 0 bridgehead atoms. The van der Waals surface area contributed by atoms with Gasteiger partial charge in [0.2, 0.25) is 5.04 Å². The molecular weight excluding hydrogens is 425 g/mol. The lowest BCUT2D eigenvalue weighted by molar-refractivity contribution is 0.0597. The van der Waals surface area contributed by atoms with E-state index in [1.165, 1.54) is 18.9 Å². The van der Waals surface area contributed by atoms with Gasteiger partial charge in [0.25, 0.3) is 0 Å². The highest BCUT2D eigenvalue weighted by atomic mass is 35.5. The van der Waals surface area contributed by atoms with Gasteiger partial charge < -0.3 is 9.29 Å². The van der Waals surface area contributed by atoms with Crippen molar-refractivity contribution in [2.45, 2.75) is 35.3 Å². The van der Waals surface area contributed by atoms with E-state index in [1.807, 2.05) is 0 Å². The fourth-order valence-corrected chi connectivity index (χ4v) is 4.87. The highest BCUT2D eigenvalue weighted by Gasteiger charge is 2.34. The Morgan fingerprint density at radius 1 is 1.15 bits per heavy atom. The number of carbonyl (C=O) groups is 1. The maximum Gasteiger partial charge on any atom is 0.339 e. The monoisotopic (exact) mass is 443 g/mol. The van der Waals surface area contributed by atoms with Crippen LogP contribution < -0.4 is 0 Å². The van der Waals surface area contributed by atoms with E-state index >= 15 is 0 Å². The Morgan fingerprint density at radius 3 is 2.37 bits per heavy atom. The predicted molar refractivity (Wildman–Crippen MR) is 113 cm³/mol. The van der Waals surface area contributed by atoms with Gasteiger partial charge in [-0.3, -0.25) is 5.41 Å². The largest absolute Gasteiger partial charge is 0.610 e. The third-order valence-electron chi connectivity index (χ3n) is 3.54. The number of methoxy groups -OCH3 is 1. The SMILES string of the molecule is COC(=O)c1ccccc1Sc1ccc(Cl)c(Cl)c1C(=N)[S+]([O-])C(C)(C)C. The molecule has 0 amide bonds. The van der Waals surface area contributed by atoms with Gasteiger partial charge in [0, 0.05) is 21.0 Å². The Labute approximate surface area is 176 Å². The van der Waals surface area contributed by atoms with Gasteiger partial charge in [0.05, 0.1) is 28.3 Å². The third-order valence-corrected chi connectivity index (χ3v) is 7.17. The minimum atomic E-state index is -1.60. The minimum absolute atomic E-state index is 0.104. The molecule has 1 atom stereocenters. The second kappa shape index (κ2) is 8.88. The van der Waals surface area contributed by atoms with Crippen LogP contribution in [-0.4, -0.2) is 27.4 Å². The first kappa shape index (κ1) is 22.1. The van der Waals surface area contributed by atoms with Gasteiger partial charge in [0.15, 0.2) is 0 Å². The highest BCUT2D eigenvalue weighted by Crippen LogP contribution is 2.40. The molecule has 4 nitrogen and oxygen atoms in total. The van der Waals surface area contributed by atoms with E-state index in [1.54, 1.807) is 57.2 Å². The van der Waals surface area contributed by atoms with Gasteiger partial charge in [-0.15, -0.1) is 0 Å². The van der Waals surface area contributed by atoms with Crippen LogP contribution in [0.2, 0.25) is 10.0 Å². The van der Waals surface area contributed by atoms with Crippen LogP contribution in [0.25, 0.3) is 0 Å². The summed E-state index contributed by atoms with van der Waals surface area (Å²) >= 11 is 12.2. The van der Waals surface area contributed by atoms with Crippen LogP contribution in [0.15, 0.2) is 46.2 Å². The van der Waals surface area contributed by atoms with Crippen molar-refractivity contribution >= 4 is 57.2 Å². The summed E-state index contributed by atoms with van der Waals surface area (Å²) in [5, 5.41) is 8.80. The molecule has 8 heteroatoms. The van der Waals surface area contributed by atoms with Gasteiger partial charge in [-0.2, -0.15) is 0 Å². The first-order valence-corrected chi connectivity index (χ1v) is 10.6. The molecule has 27 heavy (non-hydrogen) atoms. The van der Waals surface area contributed by atoms with Crippen LogP contribution in [0, 0.1) is 5.41 Å². The molecule has 2 rings (SSSR count). The number of hydrogen-bond donors (Lipinski definition) is 1. The maximum atomic E-state index is 12.8. The number of rotatable bonds is 4. The van der Waals surface area contributed by atoms with Gasteiger partial charge in [-0.25, -0.2) is 4.79 Å². The lowest BCUT2D eigenvalue weighted by Crippen LogP contribution is -2.34. The van der Waals surface area contributed by atoms with E-state index in [2.05, 4.69) is 0 Å². The molecule has 0 saturated carbocycles. The van der Waals surface area contributed by atoms with E-state index in [-0.39, 0.29) is 15.1 Å². The van der Waals surface area contributed by atoms with Crippen LogP contribution >= 0.6 is 35.0 Å². The zero-order valence-electron chi connectivity index (χ0n) is 15.3. The first-order chi connectivity index (χ1) is 12.6. The fraction of sp³-hybridized carbons (Fsp3) is 0.263. The molecule has 2 aromatic carbocycles. The molecule has 0 aliphatic heterocycles.